The standard InChI is InChI=1S/C16H19ClF2O/c17-15(20)12-7-5-3-1-2-4-6-9-13-10-8-11-14(18)16(13)19/h6,8-11H,1-5,7,12H2. The van der Waals surface area contributed by atoms with Crippen LogP contribution in [0.1, 0.15) is 50.5 Å². The predicted octanol–water partition coefficient (Wildman–Crippen LogP) is 5.47. The maximum absolute atomic E-state index is 13.3. The third kappa shape index (κ3) is 6.80. The van der Waals surface area contributed by atoms with Crippen LogP contribution in [0.4, 0.5) is 8.78 Å². The molecular formula is C16H19ClF2O. The first kappa shape index (κ1) is 16.8. The number of carbonyl (C=O) groups is 1. The molecular weight excluding hydrogens is 282 g/mol. The van der Waals surface area contributed by atoms with Gasteiger partial charge in [-0.2, -0.15) is 0 Å². The van der Waals surface area contributed by atoms with Gasteiger partial charge in [-0.3, -0.25) is 4.79 Å². The molecule has 0 spiro atoms. The van der Waals surface area contributed by atoms with Crippen molar-refractivity contribution in [1.82, 2.24) is 0 Å². The minimum atomic E-state index is -0.819. The first-order valence-corrected chi connectivity index (χ1v) is 7.28. The van der Waals surface area contributed by atoms with E-state index in [1.54, 1.807) is 12.1 Å². The summed E-state index contributed by atoms with van der Waals surface area (Å²) >= 11 is 5.24. The maximum atomic E-state index is 13.3. The van der Waals surface area contributed by atoms with Crippen LogP contribution in [0.5, 0.6) is 0 Å². The fourth-order valence-electron chi connectivity index (χ4n) is 1.92. The van der Waals surface area contributed by atoms with Gasteiger partial charge in [0.15, 0.2) is 11.6 Å². The SMILES string of the molecule is O=C(Cl)CCCCCCCC=Cc1cccc(F)c1F. The van der Waals surface area contributed by atoms with Crippen molar-refractivity contribution >= 4 is 22.9 Å². The highest BCUT2D eigenvalue weighted by molar-refractivity contribution is 6.63. The van der Waals surface area contributed by atoms with E-state index in [0.717, 1.165) is 44.6 Å². The summed E-state index contributed by atoms with van der Waals surface area (Å²) < 4.78 is 26.3. The second-order valence-corrected chi connectivity index (χ2v) is 5.13. The van der Waals surface area contributed by atoms with E-state index in [0.29, 0.717) is 6.42 Å². The van der Waals surface area contributed by atoms with E-state index in [1.165, 1.54) is 6.07 Å². The lowest BCUT2D eigenvalue weighted by molar-refractivity contribution is -0.111. The Hall–Kier alpha value is -1.22. The Labute approximate surface area is 123 Å². The third-order valence-electron chi connectivity index (χ3n) is 3.02. The van der Waals surface area contributed by atoms with Crippen LogP contribution >= 0.6 is 11.6 Å². The molecule has 1 aromatic carbocycles. The molecule has 1 aromatic rings. The topological polar surface area (TPSA) is 17.1 Å². The van der Waals surface area contributed by atoms with Crippen LogP contribution in [0.25, 0.3) is 6.08 Å². The molecule has 1 nitrogen and oxygen atoms in total. The van der Waals surface area contributed by atoms with Gasteiger partial charge in [-0.1, -0.05) is 43.5 Å². The molecule has 0 fully saturated rings. The summed E-state index contributed by atoms with van der Waals surface area (Å²) in [6.45, 7) is 0. The van der Waals surface area contributed by atoms with Gasteiger partial charge in [0.2, 0.25) is 5.24 Å². The predicted molar refractivity (Wildman–Crippen MR) is 78.6 cm³/mol. The molecule has 4 heteroatoms. The number of unbranched alkanes of at least 4 members (excludes halogenated alkanes) is 5. The highest BCUT2D eigenvalue weighted by atomic mass is 35.5. The van der Waals surface area contributed by atoms with Crippen LogP contribution in [0.3, 0.4) is 0 Å². The van der Waals surface area contributed by atoms with E-state index < -0.39 is 11.6 Å². The second kappa shape index (κ2) is 9.65. The number of hydrogen-bond donors (Lipinski definition) is 0. The summed E-state index contributed by atoms with van der Waals surface area (Å²) in [7, 11) is 0. The monoisotopic (exact) mass is 300 g/mol. The van der Waals surface area contributed by atoms with Crippen molar-refractivity contribution in [2.45, 2.75) is 44.9 Å². The van der Waals surface area contributed by atoms with Crippen LogP contribution < -0.4 is 0 Å². The van der Waals surface area contributed by atoms with Gasteiger partial charge >= 0.3 is 0 Å². The molecule has 0 aliphatic carbocycles. The Morgan fingerprint density at radius 1 is 1.10 bits per heavy atom. The Bertz CT molecular complexity index is 458. The van der Waals surface area contributed by atoms with Gasteiger partial charge in [-0.05, 0) is 36.9 Å². The number of hydrogen-bond acceptors (Lipinski definition) is 1. The summed E-state index contributed by atoms with van der Waals surface area (Å²) in [5.74, 6) is -1.62. The Morgan fingerprint density at radius 3 is 2.55 bits per heavy atom. The number of carbonyl (C=O) groups excluding carboxylic acids is 1. The minimum Gasteiger partial charge on any atom is -0.281 e. The smallest absolute Gasteiger partial charge is 0.221 e. The first-order valence-electron chi connectivity index (χ1n) is 6.90. The van der Waals surface area contributed by atoms with E-state index in [-0.39, 0.29) is 10.8 Å². The Morgan fingerprint density at radius 2 is 1.80 bits per heavy atom. The summed E-state index contributed by atoms with van der Waals surface area (Å²) in [5, 5.41) is -0.273. The van der Waals surface area contributed by atoms with Gasteiger partial charge in [-0.15, -0.1) is 0 Å². The molecule has 0 amide bonds. The second-order valence-electron chi connectivity index (χ2n) is 4.71. The molecule has 110 valence electrons. The highest BCUT2D eigenvalue weighted by Gasteiger charge is 2.03. The van der Waals surface area contributed by atoms with Gasteiger partial charge in [0, 0.05) is 12.0 Å². The van der Waals surface area contributed by atoms with E-state index in [9.17, 15) is 13.6 Å². The zero-order chi connectivity index (χ0) is 14.8. The molecule has 0 N–H and O–H groups in total. The largest absolute Gasteiger partial charge is 0.281 e. The molecule has 0 aliphatic heterocycles. The average molecular weight is 301 g/mol. The van der Waals surface area contributed by atoms with Crippen LogP contribution in [-0.2, 0) is 4.79 Å². The van der Waals surface area contributed by atoms with Crippen molar-refractivity contribution in [2.24, 2.45) is 0 Å². The number of benzene rings is 1. The van der Waals surface area contributed by atoms with Gasteiger partial charge in [0.1, 0.15) is 0 Å². The Kier molecular flexibility index (Phi) is 8.12. The zero-order valence-electron chi connectivity index (χ0n) is 11.4. The van der Waals surface area contributed by atoms with Crippen LogP contribution in [0.15, 0.2) is 24.3 Å². The molecule has 0 radical (unpaired) electrons. The van der Waals surface area contributed by atoms with Crippen molar-refractivity contribution in [2.75, 3.05) is 0 Å². The maximum Gasteiger partial charge on any atom is 0.221 e. The van der Waals surface area contributed by atoms with E-state index in [4.69, 9.17) is 11.6 Å². The fourth-order valence-corrected chi connectivity index (χ4v) is 2.05. The quantitative estimate of drug-likeness (QED) is 0.436. The van der Waals surface area contributed by atoms with Gasteiger partial charge in [-0.25, -0.2) is 8.78 Å². The van der Waals surface area contributed by atoms with Gasteiger partial charge < -0.3 is 0 Å². The summed E-state index contributed by atoms with van der Waals surface area (Å²) in [6.07, 6.45) is 9.73. The van der Waals surface area contributed by atoms with Gasteiger partial charge in [0.05, 0.1) is 0 Å². The minimum absolute atomic E-state index is 0.273. The molecule has 1 rings (SSSR count). The zero-order valence-corrected chi connectivity index (χ0v) is 12.1. The third-order valence-corrected chi connectivity index (χ3v) is 3.21. The molecule has 0 bridgehead atoms. The lowest BCUT2D eigenvalue weighted by Gasteiger charge is -1.99. The lowest BCUT2D eigenvalue weighted by Crippen LogP contribution is -1.87. The van der Waals surface area contributed by atoms with Crippen LogP contribution in [-0.4, -0.2) is 5.24 Å². The van der Waals surface area contributed by atoms with E-state index in [2.05, 4.69) is 0 Å². The average Bonchev–Trinajstić information content (AvgIpc) is 2.41. The van der Waals surface area contributed by atoms with Gasteiger partial charge in [0.25, 0.3) is 0 Å². The summed E-state index contributed by atoms with van der Waals surface area (Å²) in [4.78, 5) is 10.5. The van der Waals surface area contributed by atoms with E-state index >= 15 is 0 Å². The number of rotatable bonds is 9. The molecule has 0 atom stereocenters. The van der Waals surface area contributed by atoms with Crippen molar-refractivity contribution in [3.05, 3.63) is 41.5 Å². The summed E-state index contributed by atoms with van der Waals surface area (Å²) in [5.41, 5.74) is 0.283. The van der Waals surface area contributed by atoms with Crippen molar-refractivity contribution < 1.29 is 13.6 Å². The molecule has 0 aromatic heterocycles. The van der Waals surface area contributed by atoms with Crippen molar-refractivity contribution in [3.8, 4) is 0 Å². The molecule has 20 heavy (non-hydrogen) atoms. The van der Waals surface area contributed by atoms with Crippen LogP contribution in [0.2, 0.25) is 0 Å². The van der Waals surface area contributed by atoms with Crippen molar-refractivity contribution in [3.63, 3.8) is 0 Å². The number of halogens is 3. The first-order chi connectivity index (χ1) is 9.61. The van der Waals surface area contributed by atoms with Crippen molar-refractivity contribution in [1.29, 1.82) is 0 Å². The molecule has 0 heterocycles. The normalized spacial score (nSPS) is 11.2. The molecule has 0 saturated heterocycles. The van der Waals surface area contributed by atoms with E-state index in [1.807, 2.05) is 6.08 Å². The molecule has 0 aliphatic rings. The lowest BCUT2D eigenvalue weighted by atomic mass is 10.1. The fraction of sp³-hybridized carbons (Fsp3) is 0.438. The Balaban J connectivity index is 2.13. The summed E-state index contributed by atoms with van der Waals surface area (Å²) in [6, 6.07) is 4.16. The molecule has 0 unspecified atom stereocenters. The van der Waals surface area contributed by atoms with Crippen LogP contribution in [0, 0.1) is 11.6 Å². The highest BCUT2D eigenvalue weighted by Crippen LogP contribution is 2.14. The number of allylic oxidation sites excluding steroid dienone is 1. The molecule has 0 saturated carbocycles.